The van der Waals surface area contributed by atoms with Gasteiger partial charge in [0.15, 0.2) is 0 Å². The molecule has 3 aliphatic rings. The van der Waals surface area contributed by atoms with Crippen molar-refractivity contribution in [2.45, 2.75) is 69.2 Å². The number of rotatable bonds is 5. The van der Waals surface area contributed by atoms with E-state index in [1.54, 1.807) is 0 Å². The maximum atomic E-state index is 9.90. The highest BCUT2D eigenvalue weighted by Gasteiger charge is 2.26. The number of hydrogen-bond donors (Lipinski definition) is 0. The summed E-state index contributed by atoms with van der Waals surface area (Å²) in [5.41, 5.74) is 3.59. The van der Waals surface area contributed by atoms with Crippen LogP contribution in [0.3, 0.4) is 0 Å². The molecule has 4 rings (SSSR count). The summed E-state index contributed by atoms with van der Waals surface area (Å²) in [7, 11) is 0. The van der Waals surface area contributed by atoms with Crippen molar-refractivity contribution >= 4 is 17.6 Å². The fraction of sp³-hybridized carbons (Fsp3) is 0.727. The first-order valence-corrected chi connectivity index (χ1v) is 11.9. The van der Waals surface area contributed by atoms with E-state index in [0.717, 1.165) is 48.8 Å². The standard InChI is InChI=1S/C22H32N4S/c23-17-20-18-9-3-4-10-19(18)21(26-13-7-2-8-14-26)24-22(20)27-16-15-25-11-5-1-6-12-25/h1-16H2. The van der Waals surface area contributed by atoms with Crippen LogP contribution in [0.1, 0.15) is 68.1 Å². The van der Waals surface area contributed by atoms with Crippen molar-refractivity contribution in [1.29, 1.82) is 5.26 Å². The normalized spacial score (nSPS) is 20.9. The Hall–Kier alpha value is -1.25. The minimum Gasteiger partial charge on any atom is -0.356 e. The maximum Gasteiger partial charge on any atom is 0.133 e. The average molecular weight is 385 g/mol. The van der Waals surface area contributed by atoms with Crippen LogP contribution in [0.5, 0.6) is 0 Å². The summed E-state index contributed by atoms with van der Waals surface area (Å²) < 4.78 is 0. The number of pyridine rings is 1. The molecular weight excluding hydrogens is 352 g/mol. The van der Waals surface area contributed by atoms with Gasteiger partial charge in [-0.3, -0.25) is 0 Å². The molecule has 0 aromatic carbocycles. The number of anilines is 1. The number of fused-ring (bicyclic) bond motifs is 1. The monoisotopic (exact) mass is 384 g/mol. The lowest BCUT2D eigenvalue weighted by atomic mass is 9.89. The van der Waals surface area contributed by atoms with Crippen LogP contribution in [0.4, 0.5) is 5.82 Å². The van der Waals surface area contributed by atoms with Gasteiger partial charge in [0.1, 0.15) is 16.9 Å². The van der Waals surface area contributed by atoms with Crippen LogP contribution in [0.2, 0.25) is 0 Å². The van der Waals surface area contributed by atoms with Gasteiger partial charge in [0.2, 0.25) is 0 Å². The van der Waals surface area contributed by atoms with Crippen LogP contribution in [0.25, 0.3) is 0 Å². The molecule has 1 aromatic rings. The number of nitriles is 1. The maximum absolute atomic E-state index is 9.90. The first-order chi connectivity index (χ1) is 13.4. The van der Waals surface area contributed by atoms with E-state index in [4.69, 9.17) is 4.98 Å². The molecule has 0 amide bonds. The average Bonchev–Trinajstić information content (AvgIpc) is 2.74. The molecule has 2 fully saturated rings. The van der Waals surface area contributed by atoms with Gasteiger partial charge in [-0.15, -0.1) is 11.8 Å². The van der Waals surface area contributed by atoms with Crippen LogP contribution >= 0.6 is 11.8 Å². The Morgan fingerprint density at radius 2 is 1.52 bits per heavy atom. The highest BCUT2D eigenvalue weighted by atomic mass is 32.2. The van der Waals surface area contributed by atoms with Gasteiger partial charge < -0.3 is 9.80 Å². The van der Waals surface area contributed by atoms with E-state index in [0.29, 0.717) is 0 Å². The smallest absolute Gasteiger partial charge is 0.133 e. The van der Waals surface area contributed by atoms with Gasteiger partial charge in [0, 0.05) is 25.4 Å². The van der Waals surface area contributed by atoms with Gasteiger partial charge in [0.05, 0.1) is 5.56 Å². The van der Waals surface area contributed by atoms with Gasteiger partial charge in [-0.2, -0.15) is 5.26 Å². The van der Waals surface area contributed by atoms with Gasteiger partial charge in [-0.25, -0.2) is 4.98 Å². The number of piperidine rings is 2. The van der Waals surface area contributed by atoms with E-state index in [1.807, 2.05) is 11.8 Å². The van der Waals surface area contributed by atoms with E-state index in [2.05, 4.69) is 15.9 Å². The SMILES string of the molecule is N#Cc1c(SCCN2CCCCC2)nc(N2CCCCC2)c2c1CCCC2. The summed E-state index contributed by atoms with van der Waals surface area (Å²) in [5.74, 6) is 2.25. The van der Waals surface area contributed by atoms with Crippen molar-refractivity contribution in [1.82, 2.24) is 9.88 Å². The minimum atomic E-state index is 0.883. The summed E-state index contributed by atoms with van der Waals surface area (Å²) in [6, 6.07) is 2.53. The van der Waals surface area contributed by atoms with E-state index in [9.17, 15) is 5.26 Å². The molecule has 2 aliphatic heterocycles. The fourth-order valence-corrected chi connectivity index (χ4v) is 5.83. The Kier molecular flexibility index (Phi) is 6.57. The summed E-state index contributed by atoms with van der Waals surface area (Å²) in [6.07, 6.45) is 12.5. The molecule has 5 heteroatoms. The minimum absolute atomic E-state index is 0.883. The molecule has 0 saturated carbocycles. The summed E-state index contributed by atoms with van der Waals surface area (Å²) in [4.78, 5) is 10.2. The van der Waals surface area contributed by atoms with Gasteiger partial charge in [-0.1, -0.05) is 6.42 Å². The molecule has 1 aromatic heterocycles. The van der Waals surface area contributed by atoms with Crippen molar-refractivity contribution in [2.75, 3.05) is 43.4 Å². The Morgan fingerprint density at radius 3 is 2.22 bits per heavy atom. The summed E-state index contributed by atoms with van der Waals surface area (Å²) >= 11 is 1.81. The predicted octanol–water partition coefficient (Wildman–Crippen LogP) is 4.40. The highest BCUT2D eigenvalue weighted by molar-refractivity contribution is 7.99. The zero-order chi connectivity index (χ0) is 18.5. The van der Waals surface area contributed by atoms with Crippen LogP contribution in [0, 0.1) is 11.3 Å². The van der Waals surface area contributed by atoms with Crippen molar-refractivity contribution in [2.24, 2.45) is 0 Å². The lowest BCUT2D eigenvalue weighted by Crippen LogP contribution is -2.32. The molecule has 4 nitrogen and oxygen atoms in total. The fourth-order valence-electron chi connectivity index (χ4n) is 4.82. The van der Waals surface area contributed by atoms with Crippen molar-refractivity contribution in [3.63, 3.8) is 0 Å². The second-order valence-corrected chi connectivity index (χ2v) is 9.27. The quantitative estimate of drug-likeness (QED) is 0.704. The molecule has 0 bridgehead atoms. The van der Waals surface area contributed by atoms with E-state index >= 15 is 0 Å². The molecule has 1 aliphatic carbocycles. The molecule has 0 N–H and O–H groups in total. The number of aromatic nitrogens is 1. The third-order valence-electron chi connectivity index (χ3n) is 6.32. The predicted molar refractivity (Wildman–Crippen MR) is 113 cm³/mol. The van der Waals surface area contributed by atoms with Crippen molar-refractivity contribution < 1.29 is 0 Å². The Labute approximate surface area is 168 Å². The molecule has 27 heavy (non-hydrogen) atoms. The third-order valence-corrected chi connectivity index (χ3v) is 7.28. The summed E-state index contributed by atoms with van der Waals surface area (Å²) in [5, 5.41) is 10.9. The van der Waals surface area contributed by atoms with Gasteiger partial charge in [0.25, 0.3) is 0 Å². The van der Waals surface area contributed by atoms with Crippen LogP contribution in [-0.4, -0.2) is 48.4 Å². The lowest BCUT2D eigenvalue weighted by Gasteiger charge is -2.32. The first kappa shape index (κ1) is 19.1. The van der Waals surface area contributed by atoms with Gasteiger partial charge in [-0.05, 0) is 82.0 Å². The molecule has 2 saturated heterocycles. The topological polar surface area (TPSA) is 43.2 Å². The van der Waals surface area contributed by atoms with E-state index in [1.165, 1.54) is 81.4 Å². The Bertz CT molecular complexity index is 685. The number of thioether (sulfide) groups is 1. The lowest BCUT2D eigenvalue weighted by molar-refractivity contribution is 0.242. The van der Waals surface area contributed by atoms with Crippen LogP contribution in [0.15, 0.2) is 5.03 Å². The molecule has 0 atom stereocenters. The van der Waals surface area contributed by atoms with Crippen LogP contribution < -0.4 is 4.90 Å². The van der Waals surface area contributed by atoms with E-state index in [-0.39, 0.29) is 0 Å². The third kappa shape index (κ3) is 4.43. The molecular formula is C22H32N4S. The van der Waals surface area contributed by atoms with Crippen molar-refractivity contribution in [3.05, 3.63) is 16.7 Å². The van der Waals surface area contributed by atoms with Gasteiger partial charge >= 0.3 is 0 Å². The second kappa shape index (κ2) is 9.30. The number of nitrogens with zero attached hydrogens (tertiary/aromatic N) is 4. The zero-order valence-electron chi connectivity index (χ0n) is 16.5. The second-order valence-electron chi connectivity index (χ2n) is 8.19. The molecule has 146 valence electrons. The molecule has 0 unspecified atom stereocenters. The zero-order valence-corrected chi connectivity index (χ0v) is 17.3. The first-order valence-electron chi connectivity index (χ1n) is 10.9. The summed E-state index contributed by atoms with van der Waals surface area (Å²) in [6.45, 7) is 5.85. The Morgan fingerprint density at radius 1 is 0.852 bits per heavy atom. The van der Waals surface area contributed by atoms with Crippen LogP contribution in [-0.2, 0) is 12.8 Å². The molecule has 0 spiro atoms. The number of hydrogen-bond acceptors (Lipinski definition) is 5. The highest BCUT2D eigenvalue weighted by Crippen LogP contribution is 2.37. The molecule has 0 radical (unpaired) electrons. The van der Waals surface area contributed by atoms with Crippen molar-refractivity contribution in [3.8, 4) is 6.07 Å². The number of likely N-dealkylation sites (tertiary alicyclic amines) is 1. The molecule has 3 heterocycles. The largest absolute Gasteiger partial charge is 0.356 e. The Balaban J connectivity index is 1.56. The van der Waals surface area contributed by atoms with E-state index < -0.39 is 0 Å².